The molecule has 0 unspecified atom stereocenters. The fourth-order valence-electron chi connectivity index (χ4n) is 3.93. The van der Waals surface area contributed by atoms with Crippen molar-refractivity contribution in [2.45, 2.75) is 25.4 Å². The van der Waals surface area contributed by atoms with Gasteiger partial charge in [-0.15, -0.1) is 21.5 Å². The second kappa shape index (κ2) is 8.28. The van der Waals surface area contributed by atoms with Crippen molar-refractivity contribution in [3.63, 3.8) is 0 Å². The highest BCUT2D eigenvalue weighted by Crippen LogP contribution is 2.28. The Kier molecular flexibility index (Phi) is 5.19. The van der Waals surface area contributed by atoms with Crippen molar-refractivity contribution in [3.8, 4) is 5.75 Å². The van der Waals surface area contributed by atoms with Crippen molar-refractivity contribution in [1.29, 1.82) is 0 Å². The maximum Gasteiger partial charge on any atom is 0.253 e. The van der Waals surface area contributed by atoms with E-state index < -0.39 is 0 Å². The van der Waals surface area contributed by atoms with Crippen LogP contribution in [0.3, 0.4) is 0 Å². The van der Waals surface area contributed by atoms with Crippen LogP contribution in [0.4, 0.5) is 0 Å². The van der Waals surface area contributed by atoms with Gasteiger partial charge >= 0.3 is 0 Å². The lowest BCUT2D eigenvalue weighted by Crippen LogP contribution is -2.38. The molecule has 30 heavy (non-hydrogen) atoms. The number of likely N-dealkylation sites (tertiary alicyclic amines) is 1. The van der Waals surface area contributed by atoms with Gasteiger partial charge in [-0.2, -0.15) is 0 Å². The molecule has 0 bridgehead atoms. The maximum atomic E-state index is 13.0. The third-order valence-electron chi connectivity index (χ3n) is 5.53. The highest BCUT2D eigenvalue weighted by molar-refractivity contribution is 7.09. The first-order chi connectivity index (χ1) is 14.8. The van der Waals surface area contributed by atoms with E-state index in [-0.39, 0.29) is 5.91 Å². The smallest absolute Gasteiger partial charge is 0.253 e. The largest absolute Gasteiger partial charge is 0.488 e. The molecule has 1 fully saturated rings. The van der Waals surface area contributed by atoms with Gasteiger partial charge in [0, 0.05) is 35.6 Å². The lowest BCUT2D eigenvalue weighted by molar-refractivity contribution is 0.0710. The van der Waals surface area contributed by atoms with Crippen molar-refractivity contribution < 1.29 is 9.53 Å². The molecule has 1 aliphatic heterocycles. The van der Waals surface area contributed by atoms with Gasteiger partial charge in [-0.25, -0.2) is 0 Å². The van der Waals surface area contributed by atoms with Crippen LogP contribution < -0.4 is 4.74 Å². The van der Waals surface area contributed by atoms with Gasteiger partial charge in [0.2, 0.25) is 0 Å². The normalized spacial score (nSPS) is 14.9. The second-order valence-electron chi connectivity index (χ2n) is 7.45. The van der Waals surface area contributed by atoms with E-state index in [0.717, 1.165) is 34.9 Å². The van der Waals surface area contributed by atoms with Crippen LogP contribution in [-0.2, 0) is 6.61 Å². The van der Waals surface area contributed by atoms with E-state index in [2.05, 4.69) is 14.6 Å². The summed E-state index contributed by atoms with van der Waals surface area (Å²) < 4.78 is 7.91. The summed E-state index contributed by atoms with van der Waals surface area (Å²) in [5.41, 5.74) is 1.54. The van der Waals surface area contributed by atoms with Gasteiger partial charge in [-0.05, 0) is 54.6 Å². The molecule has 0 spiro atoms. The number of hydrogen-bond acceptors (Lipinski definition) is 5. The molecule has 152 valence electrons. The van der Waals surface area contributed by atoms with Gasteiger partial charge in [0.15, 0.2) is 5.65 Å². The van der Waals surface area contributed by atoms with Crippen molar-refractivity contribution in [2.75, 3.05) is 13.1 Å². The first-order valence-electron chi connectivity index (χ1n) is 10.1. The number of amides is 1. The Bertz CT molecular complexity index is 1150. The molecule has 4 heterocycles. The van der Waals surface area contributed by atoms with Crippen LogP contribution in [-0.4, -0.2) is 38.5 Å². The van der Waals surface area contributed by atoms with Crippen LogP contribution in [0.1, 0.15) is 39.8 Å². The lowest BCUT2D eigenvalue weighted by atomic mass is 9.95. The number of pyridine rings is 1. The summed E-state index contributed by atoms with van der Waals surface area (Å²) in [6.45, 7) is 1.95. The molecule has 6 nitrogen and oxygen atoms in total. The number of fused-ring (bicyclic) bond motifs is 1. The number of nitrogens with zero attached hydrogens (tertiary/aromatic N) is 4. The standard InChI is InChI=1S/C23H22N4O2S/c28-23(18-5-3-6-19(15-18)29-16-20-7-4-14-30-20)26-12-9-17(10-13-26)22-25-24-21-8-1-2-11-27(21)22/h1-8,11,14-15,17H,9-10,12-13,16H2. The molecule has 0 atom stereocenters. The van der Waals surface area contributed by atoms with Gasteiger partial charge in [0.1, 0.15) is 18.2 Å². The molecular formula is C23H22N4O2S. The summed E-state index contributed by atoms with van der Waals surface area (Å²) in [6.07, 6.45) is 3.77. The number of rotatable bonds is 5. The molecule has 4 aromatic rings. The zero-order valence-electron chi connectivity index (χ0n) is 16.5. The molecular weight excluding hydrogens is 396 g/mol. The fraction of sp³-hybridized carbons (Fsp3) is 0.261. The van der Waals surface area contributed by atoms with E-state index in [4.69, 9.17) is 4.74 Å². The van der Waals surface area contributed by atoms with Gasteiger partial charge in [0.25, 0.3) is 5.91 Å². The first kappa shape index (κ1) is 18.8. The SMILES string of the molecule is O=C(c1cccc(OCc2cccs2)c1)N1CCC(c2nnc3ccccn23)CC1. The van der Waals surface area contributed by atoms with E-state index in [1.807, 2.05) is 71.1 Å². The van der Waals surface area contributed by atoms with E-state index in [0.29, 0.717) is 31.2 Å². The van der Waals surface area contributed by atoms with E-state index in [1.54, 1.807) is 11.3 Å². The third-order valence-corrected chi connectivity index (χ3v) is 6.38. The van der Waals surface area contributed by atoms with E-state index in [1.165, 1.54) is 0 Å². The minimum Gasteiger partial charge on any atom is -0.488 e. The molecule has 5 rings (SSSR count). The summed E-state index contributed by atoms with van der Waals surface area (Å²) in [5, 5.41) is 10.7. The van der Waals surface area contributed by atoms with Crippen molar-refractivity contribution in [1.82, 2.24) is 19.5 Å². The highest BCUT2D eigenvalue weighted by Gasteiger charge is 2.27. The number of carbonyl (C=O) groups is 1. The van der Waals surface area contributed by atoms with Gasteiger partial charge in [0.05, 0.1) is 0 Å². The van der Waals surface area contributed by atoms with Gasteiger partial charge in [-0.3, -0.25) is 9.20 Å². The number of carbonyl (C=O) groups excluding carboxylic acids is 1. The van der Waals surface area contributed by atoms with Crippen LogP contribution >= 0.6 is 11.3 Å². The lowest BCUT2D eigenvalue weighted by Gasteiger charge is -2.31. The maximum absolute atomic E-state index is 13.0. The van der Waals surface area contributed by atoms with Gasteiger partial charge in [-0.1, -0.05) is 18.2 Å². The molecule has 1 saturated heterocycles. The number of thiophene rings is 1. The Hall–Kier alpha value is -3.19. The Morgan fingerprint density at radius 3 is 2.80 bits per heavy atom. The molecule has 1 aromatic carbocycles. The summed E-state index contributed by atoms with van der Waals surface area (Å²) in [4.78, 5) is 16.1. The van der Waals surface area contributed by atoms with Crippen LogP contribution in [0.25, 0.3) is 5.65 Å². The monoisotopic (exact) mass is 418 g/mol. The molecule has 7 heteroatoms. The van der Waals surface area contributed by atoms with Crippen molar-refractivity contribution in [3.05, 3.63) is 82.4 Å². The Balaban J connectivity index is 1.23. The van der Waals surface area contributed by atoms with Gasteiger partial charge < -0.3 is 9.64 Å². The summed E-state index contributed by atoms with van der Waals surface area (Å²) >= 11 is 1.66. The van der Waals surface area contributed by atoms with E-state index in [9.17, 15) is 4.79 Å². The van der Waals surface area contributed by atoms with Crippen LogP contribution in [0, 0.1) is 0 Å². The second-order valence-corrected chi connectivity index (χ2v) is 8.48. The predicted octanol–water partition coefficient (Wildman–Crippen LogP) is 4.39. The molecule has 3 aromatic heterocycles. The third kappa shape index (κ3) is 3.80. The van der Waals surface area contributed by atoms with Crippen LogP contribution in [0.15, 0.2) is 66.2 Å². The number of hydrogen-bond donors (Lipinski definition) is 0. The van der Waals surface area contributed by atoms with E-state index >= 15 is 0 Å². The summed E-state index contributed by atoms with van der Waals surface area (Å²) in [5.74, 6) is 2.08. The minimum absolute atomic E-state index is 0.0566. The Morgan fingerprint density at radius 2 is 1.97 bits per heavy atom. The first-order valence-corrected chi connectivity index (χ1v) is 11.0. The zero-order valence-corrected chi connectivity index (χ0v) is 17.3. The fourth-order valence-corrected chi connectivity index (χ4v) is 4.55. The Morgan fingerprint density at radius 1 is 1.07 bits per heavy atom. The average molecular weight is 419 g/mol. The summed E-state index contributed by atoms with van der Waals surface area (Å²) in [6, 6.07) is 17.4. The molecule has 0 radical (unpaired) electrons. The van der Waals surface area contributed by atoms with Crippen LogP contribution in [0.2, 0.25) is 0 Å². The average Bonchev–Trinajstić information content (AvgIpc) is 3.47. The van der Waals surface area contributed by atoms with Crippen molar-refractivity contribution in [2.24, 2.45) is 0 Å². The number of aromatic nitrogens is 3. The molecule has 0 saturated carbocycles. The quantitative estimate of drug-likeness (QED) is 0.482. The molecule has 1 aliphatic rings. The highest BCUT2D eigenvalue weighted by atomic mass is 32.1. The predicted molar refractivity (Wildman–Crippen MR) is 116 cm³/mol. The number of ether oxygens (including phenoxy) is 1. The Labute approximate surface area is 178 Å². The number of piperidine rings is 1. The molecule has 0 N–H and O–H groups in total. The molecule has 0 aliphatic carbocycles. The number of benzene rings is 1. The van der Waals surface area contributed by atoms with Crippen molar-refractivity contribution >= 4 is 22.9 Å². The topological polar surface area (TPSA) is 59.7 Å². The summed E-state index contributed by atoms with van der Waals surface area (Å²) in [7, 11) is 0. The minimum atomic E-state index is 0.0566. The van der Waals surface area contributed by atoms with Crippen LogP contribution in [0.5, 0.6) is 5.75 Å². The zero-order chi connectivity index (χ0) is 20.3. The molecule has 1 amide bonds.